The second-order valence-corrected chi connectivity index (χ2v) is 6.44. The molecule has 9 heteroatoms. The van der Waals surface area contributed by atoms with Gasteiger partial charge >= 0.3 is 0 Å². The average Bonchev–Trinajstić information content (AvgIpc) is 2.77. The molecule has 0 amide bonds. The Morgan fingerprint density at radius 3 is 2.75 bits per heavy atom. The lowest BCUT2D eigenvalue weighted by molar-refractivity contribution is 0.578. The Kier molecular flexibility index (Phi) is 3.98. The van der Waals surface area contributed by atoms with Gasteiger partial charge in [-0.2, -0.15) is 5.10 Å². The molecule has 0 atom stereocenters. The highest BCUT2D eigenvalue weighted by molar-refractivity contribution is 7.89. The number of rotatable bonds is 4. The van der Waals surface area contributed by atoms with Crippen molar-refractivity contribution in [3.8, 4) is 0 Å². The van der Waals surface area contributed by atoms with E-state index in [0.717, 1.165) is 0 Å². The molecule has 2 aromatic rings. The van der Waals surface area contributed by atoms with Crippen molar-refractivity contribution < 1.29 is 8.42 Å². The van der Waals surface area contributed by atoms with E-state index in [1.165, 1.54) is 23.1 Å². The Bertz CT molecular complexity index is 741. The van der Waals surface area contributed by atoms with Gasteiger partial charge < -0.3 is 5.73 Å². The molecular weight excluding hydrogens is 302 g/mol. The van der Waals surface area contributed by atoms with Crippen molar-refractivity contribution in [2.45, 2.75) is 18.4 Å². The van der Waals surface area contributed by atoms with Crippen molar-refractivity contribution >= 4 is 27.3 Å². The molecule has 3 N–H and O–H groups in total. The standard InChI is InChI=1S/C11H14ClN5O2S/c1-7-3-8(12)9(13)4-10(7)20(18,19)15-5-11-14-6-17(2)16-11/h3-4,6,15H,5,13H2,1-2H3. The highest BCUT2D eigenvalue weighted by Crippen LogP contribution is 2.26. The first-order chi connectivity index (χ1) is 9.29. The molecular formula is C11H14ClN5O2S. The second-order valence-electron chi connectivity index (χ2n) is 4.30. The van der Waals surface area contributed by atoms with Gasteiger partial charge in [-0.3, -0.25) is 4.68 Å². The maximum absolute atomic E-state index is 12.2. The summed E-state index contributed by atoms with van der Waals surface area (Å²) in [4.78, 5) is 4.04. The molecule has 2 rings (SSSR count). The molecule has 0 fully saturated rings. The summed E-state index contributed by atoms with van der Waals surface area (Å²) in [5.74, 6) is 0.385. The van der Waals surface area contributed by atoms with E-state index in [4.69, 9.17) is 17.3 Å². The molecule has 1 aromatic heterocycles. The number of hydrogen-bond donors (Lipinski definition) is 2. The van der Waals surface area contributed by atoms with Crippen LogP contribution >= 0.6 is 11.6 Å². The van der Waals surface area contributed by atoms with E-state index >= 15 is 0 Å². The van der Waals surface area contributed by atoms with Crippen LogP contribution in [0, 0.1) is 6.92 Å². The van der Waals surface area contributed by atoms with Crippen LogP contribution in [0.2, 0.25) is 5.02 Å². The van der Waals surface area contributed by atoms with Gasteiger partial charge in [-0.15, -0.1) is 0 Å². The van der Waals surface area contributed by atoms with E-state index in [1.807, 2.05) is 0 Å². The molecule has 7 nitrogen and oxygen atoms in total. The van der Waals surface area contributed by atoms with Crippen LogP contribution in [0.5, 0.6) is 0 Å². The van der Waals surface area contributed by atoms with Gasteiger partial charge in [0.2, 0.25) is 10.0 Å². The number of benzene rings is 1. The summed E-state index contributed by atoms with van der Waals surface area (Å²) in [6.45, 7) is 1.66. The summed E-state index contributed by atoms with van der Waals surface area (Å²) in [6, 6.07) is 2.86. The first-order valence-corrected chi connectivity index (χ1v) is 7.55. The zero-order valence-electron chi connectivity index (χ0n) is 11.0. The minimum atomic E-state index is -3.70. The molecule has 0 saturated heterocycles. The lowest BCUT2D eigenvalue weighted by atomic mass is 10.2. The molecule has 0 aliphatic carbocycles. The predicted octanol–water partition coefficient (Wildman–Crippen LogP) is 0.838. The van der Waals surface area contributed by atoms with Crippen molar-refractivity contribution in [3.05, 3.63) is 34.9 Å². The molecule has 0 aliphatic heterocycles. The van der Waals surface area contributed by atoms with Crippen molar-refractivity contribution in [1.29, 1.82) is 0 Å². The van der Waals surface area contributed by atoms with Gasteiger partial charge in [-0.05, 0) is 24.6 Å². The lowest BCUT2D eigenvalue weighted by Crippen LogP contribution is -2.24. The fourth-order valence-corrected chi connectivity index (χ4v) is 3.12. The van der Waals surface area contributed by atoms with Gasteiger partial charge in [0.25, 0.3) is 0 Å². The van der Waals surface area contributed by atoms with Crippen LogP contribution in [-0.4, -0.2) is 23.2 Å². The van der Waals surface area contributed by atoms with Gasteiger partial charge in [-0.1, -0.05) is 11.6 Å². The number of nitrogens with zero attached hydrogens (tertiary/aromatic N) is 3. The number of aryl methyl sites for hydroxylation is 2. The predicted molar refractivity (Wildman–Crippen MR) is 75.6 cm³/mol. The van der Waals surface area contributed by atoms with E-state index in [-0.39, 0.29) is 17.1 Å². The second kappa shape index (κ2) is 5.39. The third-order valence-electron chi connectivity index (χ3n) is 2.65. The average molecular weight is 316 g/mol. The minimum Gasteiger partial charge on any atom is -0.397 e. The number of nitrogens with one attached hydrogen (secondary N) is 1. The van der Waals surface area contributed by atoms with Crippen LogP contribution in [0.3, 0.4) is 0 Å². The monoisotopic (exact) mass is 315 g/mol. The smallest absolute Gasteiger partial charge is 0.241 e. The zero-order valence-corrected chi connectivity index (χ0v) is 12.5. The van der Waals surface area contributed by atoms with Crippen molar-refractivity contribution in [2.24, 2.45) is 7.05 Å². The maximum Gasteiger partial charge on any atom is 0.241 e. The first kappa shape index (κ1) is 14.8. The molecule has 0 saturated carbocycles. The van der Waals surface area contributed by atoms with Crippen molar-refractivity contribution in [1.82, 2.24) is 19.5 Å². The highest BCUT2D eigenvalue weighted by atomic mass is 35.5. The molecule has 1 aromatic carbocycles. The van der Waals surface area contributed by atoms with Crippen LogP contribution in [0.15, 0.2) is 23.4 Å². The SMILES string of the molecule is Cc1cc(Cl)c(N)cc1S(=O)(=O)NCc1ncn(C)n1. The van der Waals surface area contributed by atoms with Crippen LogP contribution in [-0.2, 0) is 23.6 Å². The summed E-state index contributed by atoms with van der Waals surface area (Å²) in [5, 5.41) is 4.32. The summed E-state index contributed by atoms with van der Waals surface area (Å²) in [5.41, 5.74) is 6.38. The number of nitrogens with two attached hydrogens (primary N) is 1. The number of anilines is 1. The molecule has 0 aliphatic rings. The number of nitrogen functional groups attached to an aromatic ring is 1. The van der Waals surface area contributed by atoms with E-state index in [1.54, 1.807) is 14.0 Å². The Balaban J connectivity index is 2.24. The van der Waals surface area contributed by atoms with Gasteiger partial charge in [-0.25, -0.2) is 18.1 Å². The summed E-state index contributed by atoms with van der Waals surface area (Å²) >= 11 is 5.85. The molecule has 20 heavy (non-hydrogen) atoms. The van der Waals surface area contributed by atoms with E-state index < -0.39 is 10.0 Å². The third-order valence-corrected chi connectivity index (χ3v) is 4.52. The largest absolute Gasteiger partial charge is 0.397 e. The van der Waals surface area contributed by atoms with Gasteiger partial charge in [0.1, 0.15) is 6.33 Å². The van der Waals surface area contributed by atoms with Gasteiger partial charge in [0, 0.05) is 7.05 Å². The van der Waals surface area contributed by atoms with Crippen molar-refractivity contribution in [3.63, 3.8) is 0 Å². The van der Waals surface area contributed by atoms with Crippen LogP contribution in [0.1, 0.15) is 11.4 Å². The van der Waals surface area contributed by atoms with Gasteiger partial charge in [0.15, 0.2) is 5.82 Å². The Morgan fingerprint density at radius 2 is 2.15 bits per heavy atom. The third kappa shape index (κ3) is 3.09. The zero-order chi connectivity index (χ0) is 14.9. The Labute approximate surface area is 121 Å². The topological polar surface area (TPSA) is 103 Å². The molecule has 1 heterocycles. The minimum absolute atomic E-state index is 0.00510. The van der Waals surface area contributed by atoms with E-state index in [0.29, 0.717) is 16.4 Å². The van der Waals surface area contributed by atoms with Crippen molar-refractivity contribution in [2.75, 3.05) is 5.73 Å². The fourth-order valence-electron chi connectivity index (χ4n) is 1.66. The maximum atomic E-state index is 12.2. The fraction of sp³-hybridized carbons (Fsp3) is 0.273. The quantitative estimate of drug-likeness (QED) is 0.814. The molecule has 0 bridgehead atoms. The van der Waals surface area contributed by atoms with Crippen LogP contribution in [0.4, 0.5) is 5.69 Å². The lowest BCUT2D eigenvalue weighted by Gasteiger charge is -2.10. The van der Waals surface area contributed by atoms with Crippen LogP contribution < -0.4 is 10.5 Å². The first-order valence-electron chi connectivity index (χ1n) is 5.69. The molecule has 0 spiro atoms. The highest BCUT2D eigenvalue weighted by Gasteiger charge is 2.18. The van der Waals surface area contributed by atoms with Gasteiger partial charge in [0.05, 0.1) is 22.2 Å². The summed E-state index contributed by atoms with van der Waals surface area (Å²) in [7, 11) is -1.99. The van der Waals surface area contributed by atoms with E-state index in [2.05, 4.69) is 14.8 Å². The number of hydrogen-bond acceptors (Lipinski definition) is 5. The molecule has 108 valence electrons. The normalized spacial score (nSPS) is 11.8. The number of aromatic nitrogens is 3. The molecule has 0 radical (unpaired) electrons. The number of halogens is 1. The van der Waals surface area contributed by atoms with Crippen LogP contribution in [0.25, 0.3) is 0 Å². The Morgan fingerprint density at radius 1 is 1.45 bits per heavy atom. The summed E-state index contributed by atoms with van der Waals surface area (Å²) in [6.07, 6.45) is 1.50. The molecule has 0 unspecified atom stereocenters. The van der Waals surface area contributed by atoms with E-state index in [9.17, 15) is 8.42 Å². The number of sulfonamides is 1. The summed E-state index contributed by atoms with van der Waals surface area (Å²) < 4.78 is 28.4. The Hall–Kier alpha value is -1.64.